The molecule has 0 radical (unpaired) electrons. The number of aromatic amines is 1. The Bertz CT molecular complexity index is 2340. The summed E-state index contributed by atoms with van der Waals surface area (Å²) in [5.74, 6) is 0. The molecule has 2 aliphatic rings. The van der Waals surface area contributed by atoms with Gasteiger partial charge < -0.3 is 19.9 Å². The van der Waals surface area contributed by atoms with Gasteiger partial charge in [0.2, 0.25) is 0 Å². The second-order valence-corrected chi connectivity index (χ2v) is 17.6. The van der Waals surface area contributed by atoms with Crippen LogP contribution >= 0.6 is 10.7 Å². The van der Waals surface area contributed by atoms with Crippen molar-refractivity contribution in [2.75, 3.05) is 27.2 Å². The quantitative estimate of drug-likeness (QED) is 0.136. The van der Waals surface area contributed by atoms with Crippen LogP contribution in [0.15, 0.2) is 120 Å². The van der Waals surface area contributed by atoms with Crippen molar-refractivity contribution in [2.45, 2.75) is 60.4 Å². The smallest absolute Gasteiger partial charge is 0.290 e. The van der Waals surface area contributed by atoms with Crippen molar-refractivity contribution in [3.05, 3.63) is 121 Å². The SMILES string of the molecule is CN1CCCC1Cc1c[nH]c2cccnc12.CN1CCCC1Cc1cn(S(=O)(=O)c2ccccc2)c2cccnc12.O=CO.O=S(=O)(Cl)c1ccccc1. The van der Waals surface area contributed by atoms with Gasteiger partial charge in [0.05, 0.1) is 31.9 Å². The Balaban J connectivity index is 0.000000165. The van der Waals surface area contributed by atoms with Crippen LogP contribution < -0.4 is 0 Å². The molecule has 0 saturated carbocycles. The first-order valence-electron chi connectivity index (χ1n) is 17.6. The number of likely N-dealkylation sites (tertiary alicyclic amines) is 2. The lowest BCUT2D eigenvalue weighted by atomic mass is 10.1. The monoisotopic (exact) mass is 792 g/mol. The van der Waals surface area contributed by atoms with Crippen molar-refractivity contribution in [2.24, 2.45) is 0 Å². The third-order valence-electron chi connectivity index (χ3n) is 9.69. The van der Waals surface area contributed by atoms with Crippen LogP contribution in [0.3, 0.4) is 0 Å². The lowest BCUT2D eigenvalue weighted by Gasteiger charge is -2.18. The predicted molar refractivity (Wildman–Crippen MR) is 212 cm³/mol. The van der Waals surface area contributed by atoms with Crippen LogP contribution in [-0.4, -0.2) is 96.4 Å². The first-order valence-corrected chi connectivity index (χ1v) is 21.3. The van der Waals surface area contributed by atoms with Crippen LogP contribution in [0, 0.1) is 0 Å². The average Bonchev–Trinajstić information content (AvgIpc) is 3.98. The molecule has 286 valence electrons. The molecule has 2 saturated heterocycles. The lowest BCUT2D eigenvalue weighted by Crippen LogP contribution is -2.26. The highest BCUT2D eigenvalue weighted by Gasteiger charge is 2.26. The minimum absolute atomic E-state index is 0.136. The van der Waals surface area contributed by atoms with E-state index in [9.17, 15) is 16.8 Å². The van der Waals surface area contributed by atoms with E-state index in [0.717, 1.165) is 47.9 Å². The summed E-state index contributed by atoms with van der Waals surface area (Å²) in [6.07, 6.45) is 14.4. The third-order valence-corrected chi connectivity index (χ3v) is 12.8. The van der Waals surface area contributed by atoms with Gasteiger partial charge in [-0.15, -0.1) is 0 Å². The number of nitrogens with zero attached hydrogens (tertiary/aromatic N) is 5. The number of benzene rings is 2. The van der Waals surface area contributed by atoms with Gasteiger partial charge in [-0.1, -0.05) is 36.4 Å². The fourth-order valence-electron chi connectivity index (χ4n) is 6.88. The maximum Gasteiger partial charge on any atom is 0.290 e. The van der Waals surface area contributed by atoms with Gasteiger partial charge in [0.1, 0.15) is 0 Å². The molecule has 0 amide bonds. The van der Waals surface area contributed by atoms with E-state index in [1.807, 2.05) is 24.4 Å². The summed E-state index contributed by atoms with van der Waals surface area (Å²) in [6.45, 7) is 2.08. The van der Waals surface area contributed by atoms with Gasteiger partial charge in [0.15, 0.2) is 0 Å². The first kappa shape index (κ1) is 40.6. The molecule has 2 aliphatic heterocycles. The molecule has 0 aliphatic carbocycles. The molecule has 2 N–H and O–H groups in total. The van der Waals surface area contributed by atoms with Gasteiger partial charge in [-0.3, -0.25) is 14.8 Å². The standard InChI is InChI=1S/C19H21N3O2S.C13H17N3.C6H5ClO2S.CH2O2/c1-21-12-6-7-16(21)13-15-14-22(18-10-5-11-20-19(15)18)25(23,24)17-8-3-2-4-9-17;1-16-7-3-4-11(16)8-10-9-15-12-5-2-6-14-13(10)12;7-10(8,9)6-4-2-1-3-5-6;2-1-3/h2-5,8-11,14,16H,6-7,12-13H2,1H3;2,5-6,9,11,15H,3-4,7-8H2,1H3;1-5H;1H,(H,2,3). The highest BCUT2D eigenvalue weighted by Crippen LogP contribution is 2.28. The Morgan fingerprint density at radius 3 is 1.80 bits per heavy atom. The largest absolute Gasteiger partial charge is 0.483 e. The number of H-pyrrole nitrogens is 1. The zero-order valence-electron chi connectivity index (χ0n) is 30.2. The van der Waals surface area contributed by atoms with Crippen molar-refractivity contribution < 1.29 is 26.7 Å². The van der Waals surface area contributed by atoms with Gasteiger partial charge in [0, 0.05) is 47.6 Å². The van der Waals surface area contributed by atoms with Gasteiger partial charge in [-0.25, -0.2) is 20.8 Å². The Morgan fingerprint density at radius 2 is 1.28 bits per heavy atom. The van der Waals surface area contributed by atoms with Crippen LogP contribution in [0.2, 0.25) is 0 Å². The number of nitrogens with one attached hydrogen (secondary N) is 1. The highest BCUT2D eigenvalue weighted by molar-refractivity contribution is 8.13. The van der Waals surface area contributed by atoms with Crippen LogP contribution in [-0.2, 0) is 36.7 Å². The fraction of sp³-hybridized carbons (Fsp3) is 0.308. The number of carbonyl (C=O) groups is 1. The van der Waals surface area contributed by atoms with Gasteiger partial charge in [0.25, 0.3) is 25.5 Å². The summed E-state index contributed by atoms with van der Waals surface area (Å²) in [5, 5.41) is 6.89. The van der Waals surface area contributed by atoms with Gasteiger partial charge in [-0.05, 0) is 125 Å². The second-order valence-electron chi connectivity index (χ2n) is 13.2. The molecular weight excluding hydrogens is 748 g/mol. The zero-order valence-corrected chi connectivity index (χ0v) is 32.6. The van der Waals surface area contributed by atoms with Crippen molar-refractivity contribution in [1.29, 1.82) is 0 Å². The van der Waals surface area contributed by atoms with Crippen molar-refractivity contribution in [1.82, 2.24) is 28.7 Å². The maximum absolute atomic E-state index is 13.1. The number of rotatable bonds is 7. The molecule has 4 aromatic heterocycles. The average molecular weight is 793 g/mol. The van der Waals surface area contributed by atoms with E-state index in [-0.39, 0.29) is 11.4 Å². The van der Waals surface area contributed by atoms with Crippen LogP contribution in [0.5, 0.6) is 0 Å². The summed E-state index contributed by atoms with van der Waals surface area (Å²) in [6, 6.07) is 25.2. The zero-order chi connectivity index (χ0) is 38.7. The Kier molecular flexibility index (Phi) is 14.0. The van der Waals surface area contributed by atoms with Gasteiger partial charge in [-0.2, -0.15) is 0 Å². The first-order chi connectivity index (χ1) is 25.9. The van der Waals surface area contributed by atoms with Crippen LogP contribution in [0.4, 0.5) is 0 Å². The number of pyridine rings is 2. The minimum Gasteiger partial charge on any atom is -0.483 e. The predicted octanol–water partition coefficient (Wildman–Crippen LogP) is 6.42. The topological polar surface area (TPSA) is 159 Å². The van der Waals surface area contributed by atoms with Crippen molar-refractivity contribution >= 4 is 58.3 Å². The number of aromatic nitrogens is 4. The van der Waals surface area contributed by atoms with Crippen LogP contribution in [0.1, 0.15) is 36.8 Å². The molecule has 6 aromatic rings. The Morgan fingerprint density at radius 1 is 0.759 bits per heavy atom. The molecule has 0 bridgehead atoms. The Hall–Kier alpha value is -4.60. The molecular formula is C39H45ClN6O6S2. The second kappa shape index (κ2) is 18.6. The summed E-state index contributed by atoms with van der Waals surface area (Å²) < 4.78 is 48.8. The van der Waals surface area contributed by atoms with E-state index in [2.05, 4.69) is 51.1 Å². The summed E-state index contributed by atoms with van der Waals surface area (Å²) >= 11 is 0. The molecule has 12 nitrogen and oxygen atoms in total. The lowest BCUT2D eigenvalue weighted by molar-refractivity contribution is -0.122. The number of hydrogen-bond acceptors (Lipinski definition) is 9. The third kappa shape index (κ3) is 10.1. The highest BCUT2D eigenvalue weighted by atomic mass is 35.7. The van der Waals surface area contributed by atoms with Crippen LogP contribution in [0.25, 0.3) is 22.1 Å². The van der Waals surface area contributed by atoms with E-state index in [4.69, 9.17) is 20.6 Å². The molecule has 6 heterocycles. The summed E-state index contributed by atoms with van der Waals surface area (Å²) in [5.41, 5.74) is 6.06. The van der Waals surface area contributed by atoms with E-state index in [1.54, 1.807) is 60.9 Å². The molecule has 2 atom stereocenters. The number of halogens is 1. The number of carboxylic acid groups (broad SMARTS) is 1. The molecule has 2 aromatic carbocycles. The molecule has 54 heavy (non-hydrogen) atoms. The fourth-order valence-corrected chi connectivity index (χ4v) is 9.07. The molecule has 8 rings (SSSR count). The number of fused-ring (bicyclic) bond motifs is 2. The number of hydrogen-bond donors (Lipinski definition) is 2. The molecule has 2 fully saturated rings. The Labute approximate surface area is 320 Å². The van der Waals surface area contributed by atoms with Gasteiger partial charge >= 0.3 is 0 Å². The molecule has 2 unspecified atom stereocenters. The molecule has 15 heteroatoms. The normalized spacial score (nSPS) is 17.5. The van der Waals surface area contributed by atoms with Crippen molar-refractivity contribution in [3.8, 4) is 0 Å². The molecule has 0 spiro atoms. The van der Waals surface area contributed by atoms with Crippen molar-refractivity contribution in [3.63, 3.8) is 0 Å². The van der Waals surface area contributed by atoms with E-state index < -0.39 is 19.1 Å². The number of likely N-dealkylation sites (N-methyl/N-ethyl adjacent to an activating group) is 2. The summed E-state index contributed by atoms with van der Waals surface area (Å²) in [7, 11) is 2.22. The van der Waals surface area contributed by atoms with E-state index in [1.165, 1.54) is 47.5 Å². The maximum atomic E-state index is 13.1. The summed E-state index contributed by atoms with van der Waals surface area (Å²) in [4.78, 5) is 25.8. The van der Waals surface area contributed by atoms with E-state index in [0.29, 0.717) is 22.5 Å². The van der Waals surface area contributed by atoms with E-state index >= 15 is 0 Å². The minimum atomic E-state index is -3.63.